The zero-order chi connectivity index (χ0) is 11.1. The first-order chi connectivity index (χ1) is 7.74. The van der Waals surface area contributed by atoms with Crippen molar-refractivity contribution >= 4 is 0 Å². The van der Waals surface area contributed by atoms with Crippen LogP contribution < -0.4 is 0 Å². The molecule has 2 aliphatic rings. The van der Waals surface area contributed by atoms with Crippen LogP contribution in [0.5, 0.6) is 5.75 Å². The quantitative estimate of drug-likeness (QED) is 0.699. The molecular formula is C13H15NO2. The second-order valence-electron chi connectivity index (χ2n) is 4.52. The van der Waals surface area contributed by atoms with E-state index in [-0.39, 0.29) is 6.04 Å². The second kappa shape index (κ2) is 3.52. The molecule has 0 spiro atoms. The molecular weight excluding hydrogens is 202 g/mol. The van der Waals surface area contributed by atoms with Crippen molar-refractivity contribution in [2.45, 2.75) is 18.9 Å². The maximum Gasteiger partial charge on any atom is 0.115 e. The zero-order valence-electron chi connectivity index (χ0n) is 9.06. The van der Waals surface area contributed by atoms with Gasteiger partial charge in [0.2, 0.25) is 0 Å². The fourth-order valence-electron chi connectivity index (χ4n) is 2.67. The third-order valence-electron chi connectivity index (χ3n) is 3.51. The Labute approximate surface area is 94.6 Å². The van der Waals surface area contributed by atoms with Crippen molar-refractivity contribution in [3.63, 3.8) is 0 Å². The van der Waals surface area contributed by atoms with Gasteiger partial charge < -0.3 is 10.2 Å². The number of benzene rings is 1. The van der Waals surface area contributed by atoms with Crippen LogP contribution in [0.3, 0.4) is 0 Å². The van der Waals surface area contributed by atoms with Crippen molar-refractivity contribution in [1.29, 1.82) is 0 Å². The molecule has 0 fully saturated rings. The summed E-state index contributed by atoms with van der Waals surface area (Å²) in [5.74, 6) is 0.818. The van der Waals surface area contributed by atoms with Gasteiger partial charge in [-0.1, -0.05) is 6.07 Å². The van der Waals surface area contributed by atoms with E-state index in [0.29, 0.717) is 11.5 Å². The number of aliphatic hydroxyl groups excluding tert-OH is 1. The van der Waals surface area contributed by atoms with Crippen LogP contribution in [-0.4, -0.2) is 28.2 Å². The van der Waals surface area contributed by atoms with Gasteiger partial charge in [-0.25, -0.2) is 0 Å². The molecule has 16 heavy (non-hydrogen) atoms. The van der Waals surface area contributed by atoms with Crippen molar-refractivity contribution in [1.82, 2.24) is 4.90 Å². The molecule has 0 bridgehead atoms. The predicted molar refractivity (Wildman–Crippen MR) is 61.5 cm³/mol. The van der Waals surface area contributed by atoms with Gasteiger partial charge in [0.1, 0.15) is 5.75 Å². The second-order valence-corrected chi connectivity index (χ2v) is 4.52. The number of hydrogen-bond acceptors (Lipinski definition) is 3. The summed E-state index contributed by atoms with van der Waals surface area (Å²) in [5, 5.41) is 19.1. The number of aromatic hydroxyl groups is 1. The maximum absolute atomic E-state index is 9.61. The van der Waals surface area contributed by atoms with Crippen molar-refractivity contribution in [2.75, 3.05) is 13.1 Å². The third kappa shape index (κ3) is 1.48. The van der Waals surface area contributed by atoms with Crippen molar-refractivity contribution in [2.24, 2.45) is 0 Å². The Kier molecular flexibility index (Phi) is 2.14. The van der Waals surface area contributed by atoms with Crippen LogP contribution in [0, 0.1) is 0 Å². The number of hydrogen-bond donors (Lipinski definition) is 2. The van der Waals surface area contributed by atoms with E-state index in [1.54, 1.807) is 6.07 Å². The predicted octanol–water partition coefficient (Wildman–Crippen LogP) is 2.14. The first-order valence-electron chi connectivity index (χ1n) is 5.69. The Balaban J connectivity index is 2.06. The standard InChI is InChI=1S/C13H15NO2/c15-10-1-2-12-9(7-10)3-5-14-6-4-11(16)8-13(12)14/h1-2,7-8,13,15-16H,3-6H2. The minimum absolute atomic E-state index is 0.193. The van der Waals surface area contributed by atoms with Crippen LogP contribution in [0.4, 0.5) is 0 Å². The number of nitrogens with zero attached hydrogens (tertiary/aromatic N) is 1. The van der Waals surface area contributed by atoms with Gasteiger partial charge in [0.25, 0.3) is 0 Å². The van der Waals surface area contributed by atoms with Crippen molar-refractivity contribution in [3.05, 3.63) is 41.2 Å². The molecule has 1 aromatic rings. The number of rotatable bonds is 0. The third-order valence-corrected chi connectivity index (χ3v) is 3.51. The number of phenolic OH excluding ortho intramolecular Hbond substituents is 1. The Morgan fingerprint density at radius 2 is 1.94 bits per heavy atom. The molecule has 0 aromatic heterocycles. The van der Waals surface area contributed by atoms with Gasteiger partial charge >= 0.3 is 0 Å². The summed E-state index contributed by atoms with van der Waals surface area (Å²) in [6.07, 6.45) is 3.66. The summed E-state index contributed by atoms with van der Waals surface area (Å²) in [6.45, 7) is 1.93. The molecule has 3 rings (SSSR count). The van der Waals surface area contributed by atoms with Gasteiger partial charge in [0.05, 0.1) is 11.8 Å². The largest absolute Gasteiger partial charge is 0.513 e. The Morgan fingerprint density at radius 1 is 1.12 bits per heavy atom. The Hall–Kier alpha value is -1.48. The molecule has 3 heteroatoms. The van der Waals surface area contributed by atoms with Crippen molar-refractivity contribution in [3.8, 4) is 5.75 Å². The fourth-order valence-corrected chi connectivity index (χ4v) is 2.67. The molecule has 2 heterocycles. The van der Waals surface area contributed by atoms with Crippen LogP contribution in [-0.2, 0) is 6.42 Å². The highest BCUT2D eigenvalue weighted by Crippen LogP contribution is 2.35. The summed E-state index contributed by atoms with van der Waals surface area (Å²) < 4.78 is 0. The van der Waals surface area contributed by atoms with Crippen LogP contribution in [0.15, 0.2) is 30.0 Å². The van der Waals surface area contributed by atoms with Gasteiger partial charge in [0.15, 0.2) is 0 Å². The van der Waals surface area contributed by atoms with E-state index in [2.05, 4.69) is 4.90 Å². The maximum atomic E-state index is 9.61. The van der Waals surface area contributed by atoms with Gasteiger partial charge in [0, 0.05) is 19.5 Å². The lowest BCUT2D eigenvalue weighted by Crippen LogP contribution is -2.37. The van der Waals surface area contributed by atoms with Crippen molar-refractivity contribution < 1.29 is 10.2 Å². The smallest absolute Gasteiger partial charge is 0.115 e. The molecule has 0 amide bonds. The molecule has 1 atom stereocenters. The number of fused-ring (bicyclic) bond motifs is 3. The van der Waals surface area contributed by atoms with E-state index in [1.165, 1.54) is 11.1 Å². The molecule has 0 aliphatic carbocycles. The van der Waals surface area contributed by atoms with Crippen LogP contribution in [0.25, 0.3) is 0 Å². The van der Waals surface area contributed by atoms with E-state index in [9.17, 15) is 10.2 Å². The highest BCUT2D eigenvalue weighted by molar-refractivity contribution is 5.41. The summed E-state index contributed by atoms with van der Waals surface area (Å²) in [5.41, 5.74) is 2.42. The SMILES string of the molecule is OC1=CC2c3ccc(O)cc3CCN2CC1. The van der Waals surface area contributed by atoms with Gasteiger partial charge in [-0.05, 0) is 35.8 Å². The summed E-state index contributed by atoms with van der Waals surface area (Å²) >= 11 is 0. The first-order valence-corrected chi connectivity index (χ1v) is 5.69. The van der Waals surface area contributed by atoms with E-state index in [1.807, 2.05) is 18.2 Å². The van der Waals surface area contributed by atoms with Gasteiger partial charge in [-0.15, -0.1) is 0 Å². The van der Waals surface area contributed by atoms with Crippen LogP contribution >= 0.6 is 0 Å². The normalized spacial score (nSPS) is 24.5. The minimum Gasteiger partial charge on any atom is -0.513 e. The zero-order valence-corrected chi connectivity index (χ0v) is 9.06. The number of aliphatic hydroxyl groups is 1. The fraction of sp³-hybridized carbons (Fsp3) is 0.385. The minimum atomic E-state index is 0.193. The topological polar surface area (TPSA) is 43.7 Å². The summed E-state index contributed by atoms with van der Waals surface area (Å²) in [4.78, 5) is 2.37. The lowest BCUT2D eigenvalue weighted by Gasteiger charge is -2.38. The molecule has 3 nitrogen and oxygen atoms in total. The lowest BCUT2D eigenvalue weighted by molar-refractivity contribution is 0.186. The molecule has 0 radical (unpaired) electrons. The molecule has 0 saturated carbocycles. The Morgan fingerprint density at radius 3 is 2.81 bits per heavy atom. The summed E-state index contributed by atoms with van der Waals surface area (Å²) in [7, 11) is 0. The molecule has 84 valence electrons. The molecule has 2 aliphatic heterocycles. The average molecular weight is 217 g/mol. The molecule has 1 aromatic carbocycles. The number of phenols is 1. The Bertz CT molecular complexity index is 453. The van der Waals surface area contributed by atoms with E-state index in [0.717, 1.165) is 25.9 Å². The van der Waals surface area contributed by atoms with E-state index in [4.69, 9.17) is 0 Å². The average Bonchev–Trinajstić information content (AvgIpc) is 2.28. The highest BCUT2D eigenvalue weighted by Gasteiger charge is 2.28. The van der Waals surface area contributed by atoms with Gasteiger partial charge in [-0.3, -0.25) is 4.90 Å². The first kappa shape index (κ1) is 9.73. The molecule has 2 N–H and O–H groups in total. The lowest BCUT2D eigenvalue weighted by atomic mass is 9.90. The molecule has 0 saturated heterocycles. The van der Waals surface area contributed by atoms with Crippen LogP contribution in [0.1, 0.15) is 23.6 Å². The van der Waals surface area contributed by atoms with E-state index < -0.39 is 0 Å². The molecule has 1 unspecified atom stereocenters. The van der Waals surface area contributed by atoms with Crippen LogP contribution in [0.2, 0.25) is 0 Å². The summed E-state index contributed by atoms with van der Waals surface area (Å²) in [6, 6.07) is 5.73. The van der Waals surface area contributed by atoms with Gasteiger partial charge in [-0.2, -0.15) is 0 Å². The highest BCUT2D eigenvalue weighted by atomic mass is 16.3. The monoisotopic (exact) mass is 217 g/mol. The van der Waals surface area contributed by atoms with E-state index >= 15 is 0 Å².